The van der Waals surface area contributed by atoms with Crippen LogP contribution in [0.4, 0.5) is 0 Å². The van der Waals surface area contributed by atoms with Crippen LogP contribution in [0.1, 0.15) is 4.88 Å². The predicted octanol–water partition coefficient (Wildman–Crippen LogP) is 2.17. The summed E-state index contributed by atoms with van der Waals surface area (Å²) >= 11 is 1.60. The fourth-order valence-corrected chi connectivity index (χ4v) is 3.04. The van der Waals surface area contributed by atoms with Gasteiger partial charge >= 0.3 is 5.97 Å². The van der Waals surface area contributed by atoms with Crippen molar-refractivity contribution in [1.29, 1.82) is 0 Å². The lowest BCUT2D eigenvalue weighted by Gasteiger charge is -2.20. The second-order valence-electron chi connectivity index (χ2n) is 4.20. The van der Waals surface area contributed by atoms with Crippen molar-refractivity contribution in [2.45, 2.75) is 6.23 Å². The SMILES string of the molecule is O=C(O)C1=CC=C(c2cc3ccccc3s2)NC1O. The maximum absolute atomic E-state index is 10.9. The summed E-state index contributed by atoms with van der Waals surface area (Å²) in [6.07, 6.45) is 1.94. The summed E-state index contributed by atoms with van der Waals surface area (Å²) in [4.78, 5) is 11.8. The molecule has 1 aromatic heterocycles. The Morgan fingerprint density at radius 2 is 2.05 bits per heavy atom. The predicted molar refractivity (Wildman–Crippen MR) is 74.7 cm³/mol. The topological polar surface area (TPSA) is 69.6 Å². The van der Waals surface area contributed by atoms with E-state index in [9.17, 15) is 9.90 Å². The molecule has 1 aliphatic heterocycles. The third-order valence-electron chi connectivity index (χ3n) is 2.95. The molecule has 0 saturated carbocycles. The largest absolute Gasteiger partial charge is 0.478 e. The summed E-state index contributed by atoms with van der Waals surface area (Å²) < 4.78 is 1.16. The first-order valence-corrected chi connectivity index (χ1v) is 6.55. The number of rotatable bonds is 2. The zero-order chi connectivity index (χ0) is 13.4. The molecular formula is C14H11NO3S. The standard InChI is InChI=1S/C14H11NO3S/c16-13-9(14(17)18)5-6-10(15-13)12-7-8-3-1-2-4-11(8)19-12/h1-7,13,15-16H,(H,17,18). The molecule has 2 aromatic rings. The monoisotopic (exact) mass is 273 g/mol. The van der Waals surface area contributed by atoms with Crippen LogP contribution in [0.5, 0.6) is 0 Å². The molecule has 1 unspecified atom stereocenters. The number of dihydropyridines is 1. The lowest BCUT2D eigenvalue weighted by Crippen LogP contribution is -2.34. The summed E-state index contributed by atoms with van der Waals surface area (Å²) in [6.45, 7) is 0. The molecule has 0 amide bonds. The van der Waals surface area contributed by atoms with Crippen LogP contribution in [0.25, 0.3) is 15.8 Å². The molecule has 1 aliphatic rings. The number of nitrogens with one attached hydrogen (secondary N) is 1. The normalized spacial score (nSPS) is 18.7. The fraction of sp³-hybridized carbons (Fsp3) is 0.0714. The van der Waals surface area contributed by atoms with Crippen molar-refractivity contribution < 1.29 is 15.0 Å². The van der Waals surface area contributed by atoms with E-state index in [0.29, 0.717) is 0 Å². The minimum atomic E-state index is -1.18. The minimum absolute atomic E-state index is 0.0511. The van der Waals surface area contributed by atoms with Gasteiger partial charge in [0.1, 0.15) is 0 Å². The highest BCUT2D eigenvalue weighted by Crippen LogP contribution is 2.30. The van der Waals surface area contributed by atoms with Gasteiger partial charge in [0.05, 0.1) is 16.1 Å². The highest BCUT2D eigenvalue weighted by atomic mass is 32.1. The maximum atomic E-state index is 10.9. The van der Waals surface area contributed by atoms with Crippen LogP contribution in [0.2, 0.25) is 0 Å². The van der Waals surface area contributed by atoms with Gasteiger partial charge in [-0.1, -0.05) is 18.2 Å². The van der Waals surface area contributed by atoms with Crippen molar-refractivity contribution in [2.24, 2.45) is 0 Å². The Hall–Kier alpha value is -2.11. The van der Waals surface area contributed by atoms with E-state index in [2.05, 4.69) is 5.32 Å². The molecule has 5 heteroatoms. The molecule has 19 heavy (non-hydrogen) atoms. The summed E-state index contributed by atoms with van der Waals surface area (Å²) in [6, 6.07) is 10.0. The van der Waals surface area contributed by atoms with Gasteiger partial charge in [0, 0.05) is 4.70 Å². The Balaban J connectivity index is 2.01. The molecule has 0 saturated heterocycles. The van der Waals surface area contributed by atoms with Crippen molar-refractivity contribution in [1.82, 2.24) is 5.32 Å². The highest BCUT2D eigenvalue weighted by molar-refractivity contribution is 7.20. The average molecular weight is 273 g/mol. The quantitative estimate of drug-likeness (QED) is 0.784. The van der Waals surface area contributed by atoms with Crippen LogP contribution in [0.3, 0.4) is 0 Å². The number of carbonyl (C=O) groups is 1. The van der Waals surface area contributed by atoms with Crippen LogP contribution in [-0.2, 0) is 4.79 Å². The van der Waals surface area contributed by atoms with E-state index in [1.807, 2.05) is 30.3 Å². The molecule has 0 spiro atoms. The number of hydrogen-bond acceptors (Lipinski definition) is 4. The number of fused-ring (bicyclic) bond motifs is 1. The van der Waals surface area contributed by atoms with Gasteiger partial charge in [0.2, 0.25) is 0 Å². The molecule has 3 rings (SSSR count). The van der Waals surface area contributed by atoms with E-state index >= 15 is 0 Å². The molecule has 0 bridgehead atoms. The van der Waals surface area contributed by atoms with E-state index in [1.165, 1.54) is 6.08 Å². The maximum Gasteiger partial charge on any atom is 0.336 e. The van der Waals surface area contributed by atoms with Gasteiger partial charge in [-0.15, -0.1) is 11.3 Å². The first-order chi connectivity index (χ1) is 9.15. The number of aliphatic hydroxyl groups excluding tert-OH is 1. The number of carboxylic acids is 1. The average Bonchev–Trinajstić information content (AvgIpc) is 2.81. The van der Waals surface area contributed by atoms with Crippen molar-refractivity contribution in [2.75, 3.05) is 0 Å². The second-order valence-corrected chi connectivity index (χ2v) is 5.29. The molecule has 1 atom stereocenters. The Labute approximate surface area is 113 Å². The van der Waals surface area contributed by atoms with Crippen LogP contribution < -0.4 is 5.32 Å². The number of benzene rings is 1. The van der Waals surface area contributed by atoms with Gasteiger partial charge in [-0.2, -0.15) is 0 Å². The van der Waals surface area contributed by atoms with Crippen molar-refractivity contribution in [3.8, 4) is 0 Å². The molecule has 0 radical (unpaired) electrons. The number of hydrogen-bond donors (Lipinski definition) is 3. The Morgan fingerprint density at radius 1 is 1.26 bits per heavy atom. The molecular weight excluding hydrogens is 262 g/mol. The Bertz CT molecular complexity index is 681. The van der Waals surface area contributed by atoms with Crippen LogP contribution in [-0.4, -0.2) is 22.4 Å². The second kappa shape index (κ2) is 4.53. The van der Waals surface area contributed by atoms with Crippen LogP contribution in [0, 0.1) is 0 Å². The number of allylic oxidation sites excluding steroid dienone is 2. The zero-order valence-corrected chi connectivity index (χ0v) is 10.6. The lowest BCUT2D eigenvalue weighted by atomic mass is 10.1. The molecule has 3 N–H and O–H groups in total. The summed E-state index contributed by atoms with van der Waals surface area (Å²) in [7, 11) is 0. The highest BCUT2D eigenvalue weighted by Gasteiger charge is 2.22. The van der Waals surface area contributed by atoms with E-state index < -0.39 is 12.2 Å². The van der Waals surface area contributed by atoms with Gasteiger partial charge in [-0.3, -0.25) is 0 Å². The van der Waals surface area contributed by atoms with Gasteiger partial charge in [0.15, 0.2) is 6.23 Å². The summed E-state index contributed by atoms with van der Waals surface area (Å²) in [5.41, 5.74) is 0.684. The summed E-state index contributed by atoms with van der Waals surface area (Å²) in [5.74, 6) is -1.12. The number of carboxylic acid groups (broad SMARTS) is 1. The first-order valence-electron chi connectivity index (χ1n) is 5.74. The first kappa shape index (κ1) is 12.0. The van der Waals surface area contributed by atoms with Gasteiger partial charge in [-0.25, -0.2) is 4.79 Å². The van der Waals surface area contributed by atoms with Gasteiger partial charge in [0.25, 0.3) is 0 Å². The van der Waals surface area contributed by atoms with Gasteiger partial charge in [-0.05, 0) is 29.7 Å². The third kappa shape index (κ3) is 2.14. The molecule has 1 aromatic carbocycles. The minimum Gasteiger partial charge on any atom is -0.478 e. The molecule has 0 fully saturated rings. The summed E-state index contributed by atoms with van der Waals surface area (Å²) in [5, 5.41) is 22.6. The van der Waals surface area contributed by atoms with E-state index in [0.717, 1.165) is 20.7 Å². The number of aliphatic carboxylic acids is 1. The fourth-order valence-electron chi connectivity index (χ4n) is 1.99. The van der Waals surface area contributed by atoms with Crippen molar-refractivity contribution >= 4 is 33.1 Å². The third-order valence-corrected chi connectivity index (χ3v) is 4.10. The lowest BCUT2D eigenvalue weighted by molar-refractivity contribution is -0.133. The van der Waals surface area contributed by atoms with Crippen LogP contribution in [0.15, 0.2) is 48.1 Å². The zero-order valence-electron chi connectivity index (χ0n) is 9.83. The van der Waals surface area contributed by atoms with Crippen LogP contribution >= 0.6 is 11.3 Å². The van der Waals surface area contributed by atoms with Crippen molar-refractivity contribution in [3.05, 3.63) is 52.9 Å². The van der Waals surface area contributed by atoms with E-state index in [4.69, 9.17) is 5.11 Å². The van der Waals surface area contributed by atoms with E-state index in [1.54, 1.807) is 17.4 Å². The number of thiophene rings is 1. The molecule has 96 valence electrons. The Kier molecular flexibility index (Phi) is 2.85. The van der Waals surface area contributed by atoms with Gasteiger partial charge < -0.3 is 15.5 Å². The smallest absolute Gasteiger partial charge is 0.336 e. The number of aliphatic hydroxyl groups is 1. The molecule has 2 heterocycles. The van der Waals surface area contributed by atoms with Crippen molar-refractivity contribution in [3.63, 3.8) is 0 Å². The molecule has 4 nitrogen and oxygen atoms in total. The molecule has 0 aliphatic carbocycles. The Morgan fingerprint density at radius 3 is 2.74 bits per heavy atom. The van der Waals surface area contributed by atoms with E-state index in [-0.39, 0.29) is 5.57 Å².